The van der Waals surface area contributed by atoms with Crippen molar-refractivity contribution in [1.29, 1.82) is 0 Å². The fourth-order valence-corrected chi connectivity index (χ4v) is 2.76. The van der Waals surface area contributed by atoms with Crippen molar-refractivity contribution >= 4 is 5.69 Å². The largest absolute Gasteiger partial charge is 0.508 e. The van der Waals surface area contributed by atoms with Gasteiger partial charge in [0.25, 0.3) is 0 Å². The van der Waals surface area contributed by atoms with E-state index in [0.717, 1.165) is 35.2 Å². The Hall–Kier alpha value is -2.03. The van der Waals surface area contributed by atoms with E-state index < -0.39 is 0 Å². The lowest BCUT2D eigenvalue weighted by Crippen LogP contribution is -2.08. The summed E-state index contributed by atoms with van der Waals surface area (Å²) in [6, 6.07) is 10.7. The number of rotatable bonds is 2. The zero-order chi connectivity index (χ0) is 13.4. The smallest absolute Gasteiger partial charge is 0.126 e. The zero-order valence-corrected chi connectivity index (χ0v) is 10.8. The van der Waals surface area contributed by atoms with E-state index in [1.54, 1.807) is 18.2 Å². The number of aromatic hydroxyl groups is 1. The number of aryl methyl sites for hydroxylation is 1. The molecule has 1 aliphatic rings. The molecule has 2 N–H and O–H groups in total. The van der Waals surface area contributed by atoms with Crippen LogP contribution in [-0.2, 0) is 6.42 Å². The minimum Gasteiger partial charge on any atom is -0.508 e. The summed E-state index contributed by atoms with van der Waals surface area (Å²) < 4.78 is 13.7. The second-order valence-corrected chi connectivity index (χ2v) is 5.04. The number of benzene rings is 2. The number of nitrogens with one attached hydrogen (secondary N) is 1. The maximum Gasteiger partial charge on any atom is 0.126 e. The fraction of sp³-hybridized carbons (Fsp3) is 0.250. The zero-order valence-electron chi connectivity index (χ0n) is 10.8. The molecule has 0 aromatic heterocycles. The molecule has 0 bridgehead atoms. The molecule has 0 radical (unpaired) electrons. The van der Waals surface area contributed by atoms with Gasteiger partial charge < -0.3 is 10.4 Å². The average molecular weight is 257 g/mol. The summed E-state index contributed by atoms with van der Waals surface area (Å²) in [5.74, 6) is 0.158. The van der Waals surface area contributed by atoms with Crippen molar-refractivity contribution in [3.05, 3.63) is 58.9 Å². The maximum atomic E-state index is 13.7. The standard InChI is InChI=1S/C16H16FNO/c1-10-9-11(19)5-7-15(10)18-16-8-6-12-13(16)3-2-4-14(12)17/h2-5,7,9,16,18-19H,6,8H2,1H3. The van der Waals surface area contributed by atoms with Gasteiger partial charge in [0.1, 0.15) is 11.6 Å². The molecule has 3 rings (SSSR count). The first-order chi connectivity index (χ1) is 9.15. The van der Waals surface area contributed by atoms with Gasteiger partial charge in [0, 0.05) is 5.69 Å². The highest BCUT2D eigenvalue weighted by Gasteiger charge is 2.24. The Labute approximate surface area is 111 Å². The highest BCUT2D eigenvalue weighted by atomic mass is 19.1. The molecule has 3 heteroatoms. The van der Waals surface area contributed by atoms with Crippen LogP contribution in [0.5, 0.6) is 5.75 Å². The first-order valence-corrected chi connectivity index (χ1v) is 6.48. The van der Waals surface area contributed by atoms with Crippen LogP contribution in [0.4, 0.5) is 10.1 Å². The number of hydrogen-bond donors (Lipinski definition) is 2. The molecule has 19 heavy (non-hydrogen) atoms. The Bertz CT molecular complexity index is 624. The van der Waals surface area contributed by atoms with Crippen LogP contribution >= 0.6 is 0 Å². The Morgan fingerprint density at radius 2 is 2.11 bits per heavy atom. The third-order valence-electron chi connectivity index (χ3n) is 3.75. The molecule has 0 amide bonds. The van der Waals surface area contributed by atoms with E-state index >= 15 is 0 Å². The third-order valence-corrected chi connectivity index (χ3v) is 3.75. The highest BCUT2D eigenvalue weighted by Crippen LogP contribution is 2.36. The van der Waals surface area contributed by atoms with Crippen LogP contribution < -0.4 is 5.32 Å². The van der Waals surface area contributed by atoms with E-state index in [2.05, 4.69) is 5.32 Å². The van der Waals surface area contributed by atoms with E-state index in [9.17, 15) is 9.50 Å². The van der Waals surface area contributed by atoms with Gasteiger partial charge in [0.05, 0.1) is 6.04 Å². The van der Waals surface area contributed by atoms with Gasteiger partial charge in [-0.15, -0.1) is 0 Å². The molecule has 1 unspecified atom stereocenters. The van der Waals surface area contributed by atoms with Gasteiger partial charge in [-0.1, -0.05) is 12.1 Å². The highest BCUT2D eigenvalue weighted by molar-refractivity contribution is 5.55. The average Bonchev–Trinajstić information content (AvgIpc) is 2.78. The van der Waals surface area contributed by atoms with Crippen LogP contribution in [0.2, 0.25) is 0 Å². The molecule has 0 spiro atoms. The van der Waals surface area contributed by atoms with Crippen molar-refractivity contribution in [2.24, 2.45) is 0 Å². The minimum atomic E-state index is -0.107. The molecular formula is C16H16FNO. The van der Waals surface area contributed by atoms with Crippen LogP contribution in [-0.4, -0.2) is 5.11 Å². The van der Waals surface area contributed by atoms with Gasteiger partial charge >= 0.3 is 0 Å². The number of phenols is 1. The quantitative estimate of drug-likeness (QED) is 0.799. The van der Waals surface area contributed by atoms with Gasteiger partial charge in [-0.25, -0.2) is 4.39 Å². The van der Waals surface area contributed by atoms with E-state index in [1.807, 2.05) is 19.1 Å². The van der Waals surface area contributed by atoms with Crippen LogP contribution in [0.25, 0.3) is 0 Å². The van der Waals surface area contributed by atoms with Gasteiger partial charge in [-0.05, 0) is 60.7 Å². The van der Waals surface area contributed by atoms with Gasteiger partial charge in [-0.2, -0.15) is 0 Å². The first-order valence-electron chi connectivity index (χ1n) is 6.48. The number of halogens is 1. The molecule has 1 aliphatic carbocycles. The molecular weight excluding hydrogens is 241 g/mol. The lowest BCUT2D eigenvalue weighted by molar-refractivity contribution is 0.475. The van der Waals surface area contributed by atoms with Crippen molar-refractivity contribution in [1.82, 2.24) is 0 Å². The summed E-state index contributed by atoms with van der Waals surface area (Å²) in [6.45, 7) is 1.95. The second kappa shape index (κ2) is 4.57. The molecule has 0 heterocycles. The third kappa shape index (κ3) is 2.16. The summed E-state index contributed by atoms with van der Waals surface area (Å²) in [4.78, 5) is 0. The lowest BCUT2D eigenvalue weighted by Gasteiger charge is -2.17. The number of anilines is 1. The number of fused-ring (bicyclic) bond motifs is 1. The second-order valence-electron chi connectivity index (χ2n) is 5.04. The van der Waals surface area contributed by atoms with Crippen LogP contribution in [0.15, 0.2) is 36.4 Å². The van der Waals surface area contributed by atoms with Crippen molar-refractivity contribution < 1.29 is 9.50 Å². The Morgan fingerprint density at radius 3 is 2.89 bits per heavy atom. The van der Waals surface area contributed by atoms with Crippen molar-refractivity contribution in [2.45, 2.75) is 25.8 Å². The normalized spacial score (nSPS) is 17.3. The summed E-state index contributed by atoms with van der Waals surface area (Å²) in [5.41, 5.74) is 3.86. The number of hydrogen-bond acceptors (Lipinski definition) is 2. The predicted molar refractivity (Wildman–Crippen MR) is 73.9 cm³/mol. The fourth-order valence-electron chi connectivity index (χ4n) is 2.76. The molecule has 0 saturated carbocycles. The molecule has 0 fully saturated rings. The molecule has 0 saturated heterocycles. The van der Waals surface area contributed by atoms with E-state index in [0.29, 0.717) is 0 Å². The predicted octanol–water partition coefficient (Wildman–Crippen LogP) is 3.94. The van der Waals surface area contributed by atoms with Gasteiger partial charge in [0.15, 0.2) is 0 Å². The van der Waals surface area contributed by atoms with Crippen LogP contribution in [0, 0.1) is 12.7 Å². The summed E-state index contributed by atoms with van der Waals surface area (Å²) in [5, 5.41) is 12.9. The van der Waals surface area contributed by atoms with E-state index in [4.69, 9.17) is 0 Å². The van der Waals surface area contributed by atoms with E-state index in [-0.39, 0.29) is 17.6 Å². The van der Waals surface area contributed by atoms with Crippen molar-refractivity contribution in [3.8, 4) is 5.75 Å². The minimum absolute atomic E-state index is 0.107. The SMILES string of the molecule is Cc1cc(O)ccc1NC1CCc2c(F)cccc21. The van der Waals surface area contributed by atoms with Gasteiger partial charge in [0.2, 0.25) is 0 Å². The lowest BCUT2D eigenvalue weighted by atomic mass is 10.1. The van der Waals surface area contributed by atoms with Crippen LogP contribution in [0.1, 0.15) is 29.2 Å². The summed E-state index contributed by atoms with van der Waals surface area (Å²) in [6.07, 6.45) is 1.67. The molecule has 0 aliphatic heterocycles. The molecule has 2 aromatic carbocycles. The monoisotopic (exact) mass is 257 g/mol. The van der Waals surface area contributed by atoms with Gasteiger partial charge in [-0.3, -0.25) is 0 Å². The summed E-state index contributed by atoms with van der Waals surface area (Å²) in [7, 11) is 0. The molecule has 2 nitrogen and oxygen atoms in total. The number of phenolic OH excluding ortho intramolecular Hbond substituents is 1. The topological polar surface area (TPSA) is 32.3 Å². The Balaban J connectivity index is 1.89. The molecule has 1 atom stereocenters. The van der Waals surface area contributed by atoms with E-state index in [1.165, 1.54) is 6.07 Å². The maximum absolute atomic E-state index is 13.7. The van der Waals surface area contributed by atoms with Crippen molar-refractivity contribution in [3.63, 3.8) is 0 Å². The first kappa shape index (κ1) is 12.0. The molecule has 98 valence electrons. The Morgan fingerprint density at radius 1 is 1.26 bits per heavy atom. The van der Waals surface area contributed by atoms with Crippen LogP contribution in [0.3, 0.4) is 0 Å². The Kier molecular flexibility index (Phi) is 2.90. The van der Waals surface area contributed by atoms with Crippen molar-refractivity contribution in [2.75, 3.05) is 5.32 Å². The summed E-state index contributed by atoms with van der Waals surface area (Å²) >= 11 is 0. The molecule has 2 aromatic rings.